The molecule has 0 amide bonds. The molecule has 0 saturated carbocycles. The summed E-state index contributed by atoms with van der Waals surface area (Å²) in [6.07, 6.45) is -5.23. The maximum absolute atomic E-state index is 13.1. The Bertz CT molecular complexity index is 1100. The molecule has 1 atom stereocenters. The predicted molar refractivity (Wildman–Crippen MR) is 148 cm³/mol. The third-order valence-electron chi connectivity index (χ3n) is 6.62. The van der Waals surface area contributed by atoms with Crippen LogP contribution >= 0.6 is 12.4 Å². The van der Waals surface area contributed by atoms with Crippen molar-refractivity contribution in [1.82, 2.24) is 9.88 Å². The Hall–Kier alpha value is -2.62. The van der Waals surface area contributed by atoms with Crippen molar-refractivity contribution in [2.24, 2.45) is 0 Å². The highest BCUT2D eigenvalue weighted by molar-refractivity contribution is 5.85. The first-order valence-corrected chi connectivity index (χ1v) is 13.2. The van der Waals surface area contributed by atoms with E-state index in [0.717, 1.165) is 63.0 Å². The van der Waals surface area contributed by atoms with Crippen molar-refractivity contribution < 1.29 is 31.4 Å². The molecule has 0 spiro atoms. The minimum atomic E-state index is -4.49. The SMILES string of the molecule is CCCCN(CCCC)CCC(O)c1cc(-c2ccc(C(F)(F)F)cc2)nc(-c2ccc(C(F)(F)F)cc2)c1.Cl. The lowest BCUT2D eigenvalue weighted by molar-refractivity contribution is -0.138. The highest BCUT2D eigenvalue weighted by Crippen LogP contribution is 2.34. The van der Waals surface area contributed by atoms with Crippen LogP contribution in [-0.2, 0) is 12.4 Å². The summed E-state index contributed by atoms with van der Waals surface area (Å²) in [5, 5.41) is 11.1. The van der Waals surface area contributed by atoms with Crippen molar-refractivity contribution in [3.63, 3.8) is 0 Å². The Morgan fingerprint density at radius 2 is 1.10 bits per heavy atom. The first-order valence-electron chi connectivity index (χ1n) is 13.2. The number of benzene rings is 2. The molecule has 0 aliphatic rings. The molecular formula is C30H35ClF6N2O. The van der Waals surface area contributed by atoms with Crippen LogP contribution in [0.3, 0.4) is 0 Å². The molecule has 3 rings (SSSR count). The summed E-state index contributed by atoms with van der Waals surface area (Å²) in [6.45, 7) is 6.75. The highest BCUT2D eigenvalue weighted by Gasteiger charge is 2.31. The Balaban J connectivity index is 0.00000560. The second-order valence-corrected chi connectivity index (χ2v) is 9.67. The van der Waals surface area contributed by atoms with E-state index in [9.17, 15) is 31.4 Å². The van der Waals surface area contributed by atoms with Gasteiger partial charge in [-0.3, -0.25) is 0 Å². The van der Waals surface area contributed by atoms with Crippen molar-refractivity contribution >= 4 is 12.4 Å². The van der Waals surface area contributed by atoms with E-state index in [4.69, 9.17) is 0 Å². The molecule has 0 aliphatic heterocycles. The quantitative estimate of drug-likeness (QED) is 0.214. The van der Waals surface area contributed by atoms with Crippen LogP contribution in [0.2, 0.25) is 0 Å². The van der Waals surface area contributed by atoms with Gasteiger partial charge >= 0.3 is 12.4 Å². The fourth-order valence-corrected chi connectivity index (χ4v) is 4.27. The van der Waals surface area contributed by atoms with E-state index in [1.54, 1.807) is 12.1 Å². The summed E-state index contributed by atoms with van der Waals surface area (Å²) < 4.78 is 78.4. The normalized spacial score (nSPS) is 12.8. The summed E-state index contributed by atoms with van der Waals surface area (Å²) >= 11 is 0. The number of hydrogen-bond donors (Lipinski definition) is 1. The van der Waals surface area contributed by atoms with Gasteiger partial charge in [-0.1, -0.05) is 51.0 Å². The Morgan fingerprint density at radius 1 is 0.700 bits per heavy atom. The van der Waals surface area contributed by atoms with Crippen LogP contribution in [0.4, 0.5) is 26.3 Å². The van der Waals surface area contributed by atoms with Crippen LogP contribution in [0, 0.1) is 0 Å². The van der Waals surface area contributed by atoms with Gasteiger partial charge in [0.05, 0.1) is 28.6 Å². The van der Waals surface area contributed by atoms with Crippen LogP contribution in [0.15, 0.2) is 60.7 Å². The topological polar surface area (TPSA) is 36.4 Å². The second-order valence-electron chi connectivity index (χ2n) is 9.67. The molecule has 1 unspecified atom stereocenters. The van der Waals surface area contributed by atoms with E-state index in [1.807, 2.05) is 0 Å². The van der Waals surface area contributed by atoms with Crippen molar-refractivity contribution in [2.75, 3.05) is 19.6 Å². The average Bonchev–Trinajstić information content (AvgIpc) is 2.91. The van der Waals surface area contributed by atoms with Gasteiger partial charge in [-0.05, 0) is 74.3 Å². The molecule has 0 fully saturated rings. The molecule has 3 nitrogen and oxygen atoms in total. The number of aliphatic hydroxyl groups excluding tert-OH is 1. The molecule has 0 saturated heterocycles. The average molecular weight is 589 g/mol. The van der Waals surface area contributed by atoms with E-state index < -0.39 is 29.6 Å². The lowest BCUT2D eigenvalue weighted by Gasteiger charge is -2.24. The van der Waals surface area contributed by atoms with Crippen LogP contribution in [0.25, 0.3) is 22.5 Å². The molecule has 220 valence electrons. The fourth-order valence-electron chi connectivity index (χ4n) is 4.27. The van der Waals surface area contributed by atoms with Crippen molar-refractivity contribution in [3.05, 3.63) is 77.4 Å². The van der Waals surface area contributed by atoms with E-state index >= 15 is 0 Å². The Morgan fingerprint density at radius 3 is 1.45 bits per heavy atom. The number of nitrogens with zero attached hydrogens (tertiary/aromatic N) is 2. The Kier molecular flexibility index (Phi) is 12.5. The molecule has 1 heterocycles. The zero-order chi connectivity index (χ0) is 28.6. The van der Waals surface area contributed by atoms with E-state index in [2.05, 4.69) is 23.7 Å². The standard InChI is InChI=1S/C30H34F6N2O.ClH/c1-3-5-16-38(17-6-4-2)18-15-28(39)23-19-26(21-7-11-24(12-8-21)29(31,32)33)37-27(20-23)22-9-13-25(14-10-22)30(34,35)36;/h7-14,19-20,28,39H,3-6,15-18H2,1-2H3;1H. The second kappa shape index (κ2) is 14.8. The molecule has 0 radical (unpaired) electrons. The first kappa shape index (κ1) is 33.6. The third kappa shape index (κ3) is 9.49. The molecule has 10 heteroatoms. The zero-order valence-electron chi connectivity index (χ0n) is 22.5. The molecule has 1 aromatic heterocycles. The van der Waals surface area contributed by atoms with Crippen LogP contribution in [-0.4, -0.2) is 34.6 Å². The van der Waals surface area contributed by atoms with Gasteiger partial charge in [-0.2, -0.15) is 26.3 Å². The van der Waals surface area contributed by atoms with Gasteiger partial charge in [-0.15, -0.1) is 12.4 Å². The van der Waals surface area contributed by atoms with Gasteiger partial charge in [-0.25, -0.2) is 4.98 Å². The molecule has 40 heavy (non-hydrogen) atoms. The largest absolute Gasteiger partial charge is 0.416 e. The number of aromatic nitrogens is 1. The van der Waals surface area contributed by atoms with Gasteiger partial charge < -0.3 is 10.0 Å². The minimum Gasteiger partial charge on any atom is -0.388 e. The smallest absolute Gasteiger partial charge is 0.388 e. The van der Waals surface area contributed by atoms with Gasteiger partial charge in [0.15, 0.2) is 0 Å². The maximum atomic E-state index is 13.1. The maximum Gasteiger partial charge on any atom is 0.416 e. The highest BCUT2D eigenvalue weighted by atomic mass is 35.5. The molecule has 2 aromatic carbocycles. The zero-order valence-corrected chi connectivity index (χ0v) is 23.3. The summed E-state index contributed by atoms with van der Waals surface area (Å²) in [5.74, 6) is 0. The number of alkyl halides is 6. The van der Waals surface area contributed by atoms with E-state index in [0.29, 0.717) is 41.0 Å². The summed E-state index contributed by atoms with van der Waals surface area (Å²) in [7, 11) is 0. The summed E-state index contributed by atoms with van der Waals surface area (Å²) in [4.78, 5) is 6.84. The minimum absolute atomic E-state index is 0. The number of rotatable bonds is 12. The lowest BCUT2D eigenvalue weighted by atomic mass is 9.99. The molecular weight excluding hydrogens is 554 g/mol. The summed E-state index contributed by atoms with van der Waals surface area (Å²) in [5.41, 5.74) is 0.346. The van der Waals surface area contributed by atoms with E-state index in [1.165, 1.54) is 24.3 Å². The molecule has 3 aromatic rings. The van der Waals surface area contributed by atoms with Crippen LogP contribution < -0.4 is 0 Å². The van der Waals surface area contributed by atoms with Gasteiger partial charge in [0.25, 0.3) is 0 Å². The molecule has 0 aliphatic carbocycles. The molecule has 0 bridgehead atoms. The predicted octanol–water partition coefficient (Wildman–Crippen LogP) is 9.20. The number of halogens is 7. The number of hydrogen-bond acceptors (Lipinski definition) is 3. The Labute approximate surface area is 237 Å². The van der Waals surface area contributed by atoms with Crippen LogP contribution in [0.5, 0.6) is 0 Å². The van der Waals surface area contributed by atoms with Crippen molar-refractivity contribution in [3.8, 4) is 22.5 Å². The van der Waals surface area contributed by atoms with Gasteiger partial charge in [0, 0.05) is 17.7 Å². The fraction of sp³-hybridized carbons (Fsp3) is 0.433. The third-order valence-corrected chi connectivity index (χ3v) is 6.62. The van der Waals surface area contributed by atoms with Gasteiger partial charge in [0.1, 0.15) is 0 Å². The monoisotopic (exact) mass is 588 g/mol. The number of aliphatic hydroxyl groups is 1. The summed E-state index contributed by atoms with van der Waals surface area (Å²) in [6, 6.07) is 12.3. The number of unbranched alkanes of at least 4 members (excludes halogenated alkanes) is 2. The lowest BCUT2D eigenvalue weighted by Crippen LogP contribution is -2.28. The first-order chi connectivity index (χ1) is 18.4. The van der Waals surface area contributed by atoms with E-state index in [-0.39, 0.29) is 12.4 Å². The number of pyridine rings is 1. The molecule has 1 N–H and O–H groups in total. The van der Waals surface area contributed by atoms with Crippen molar-refractivity contribution in [1.29, 1.82) is 0 Å². The van der Waals surface area contributed by atoms with Crippen molar-refractivity contribution in [2.45, 2.75) is 64.4 Å². The van der Waals surface area contributed by atoms with Gasteiger partial charge in [0.2, 0.25) is 0 Å². The van der Waals surface area contributed by atoms with Crippen LogP contribution in [0.1, 0.15) is 68.7 Å².